The minimum atomic E-state index is -0.657. The van der Waals surface area contributed by atoms with Crippen LogP contribution in [-0.2, 0) is 7.05 Å². The molecule has 1 aliphatic rings. The molecule has 0 spiro atoms. The molecule has 2 heterocycles. The average molecular weight is 379 g/mol. The zero-order valence-electron chi connectivity index (χ0n) is 14.5. The maximum atomic E-state index is 12.7. The topological polar surface area (TPSA) is 68.7 Å². The first-order valence-corrected chi connectivity index (χ1v) is 8.68. The highest BCUT2D eigenvalue weighted by Crippen LogP contribution is 2.29. The fourth-order valence-electron chi connectivity index (χ4n) is 2.95. The number of hydrogen-bond donors (Lipinski definition) is 0. The lowest BCUT2D eigenvalue weighted by Crippen LogP contribution is -2.35. The van der Waals surface area contributed by atoms with Gasteiger partial charge in [-0.2, -0.15) is 4.09 Å². The van der Waals surface area contributed by atoms with Gasteiger partial charge in [0, 0.05) is 25.2 Å². The highest BCUT2D eigenvalue weighted by atomic mass is 35.5. The van der Waals surface area contributed by atoms with Crippen molar-refractivity contribution >= 4 is 34.7 Å². The molecule has 4 rings (SSSR count). The molecule has 2 aromatic carbocycles. The predicted octanol–water partition coefficient (Wildman–Crippen LogP) is 3.19. The largest absolute Gasteiger partial charge is 0.347 e. The van der Waals surface area contributed by atoms with Crippen molar-refractivity contribution in [2.24, 2.45) is 17.0 Å². The summed E-state index contributed by atoms with van der Waals surface area (Å²) in [4.78, 5) is 34.1. The summed E-state index contributed by atoms with van der Waals surface area (Å²) in [5.41, 5.74) is 1.98. The van der Waals surface area contributed by atoms with Crippen molar-refractivity contribution in [3.8, 4) is 0 Å². The van der Waals surface area contributed by atoms with Gasteiger partial charge in [-0.25, -0.2) is 14.8 Å². The molecule has 6 nitrogen and oxygen atoms in total. The molecule has 1 aliphatic heterocycles. The van der Waals surface area contributed by atoms with Gasteiger partial charge in [0.15, 0.2) is 11.5 Å². The van der Waals surface area contributed by atoms with Gasteiger partial charge in [0.25, 0.3) is 5.56 Å². The van der Waals surface area contributed by atoms with Crippen molar-refractivity contribution in [3.05, 3.63) is 92.6 Å². The van der Waals surface area contributed by atoms with Crippen molar-refractivity contribution in [2.45, 2.75) is 6.42 Å². The number of hydrogen-bond acceptors (Lipinski definition) is 4. The van der Waals surface area contributed by atoms with Crippen molar-refractivity contribution in [1.29, 1.82) is 0 Å². The Morgan fingerprint density at radius 1 is 0.852 bits per heavy atom. The van der Waals surface area contributed by atoms with Crippen LogP contribution in [0.4, 0.5) is 11.5 Å². The van der Waals surface area contributed by atoms with Gasteiger partial charge in [0.05, 0.1) is 11.4 Å². The van der Waals surface area contributed by atoms with E-state index in [1.807, 2.05) is 60.7 Å². The molecule has 0 unspecified atom stereocenters. The molecule has 0 atom stereocenters. The summed E-state index contributed by atoms with van der Waals surface area (Å²) in [6, 6.07) is 19.1. The predicted molar refractivity (Wildman–Crippen MR) is 107 cm³/mol. The van der Waals surface area contributed by atoms with Crippen LogP contribution in [-0.4, -0.2) is 20.1 Å². The Labute approximate surface area is 159 Å². The lowest BCUT2D eigenvalue weighted by Gasteiger charge is -2.07. The molecule has 0 N–H and O–H groups in total. The van der Waals surface area contributed by atoms with Crippen LogP contribution in [0.2, 0.25) is 0 Å². The summed E-state index contributed by atoms with van der Waals surface area (Å²) in [5, 5.41) is 0. The van der Waals surface area contributed by atoms with E-state index in [1.165, 1.54) is 7.05 Å². The smallest absolute Gasteiger partial charge is 0.267 e. The van der Waals surface area contributed by atoms with E-state index in [4.69, 9.17) is 11.8 Å². The second-order valence-electron chi connectivity index (χ2n) is 6.13. The maximum absolute atomic E-state index is 12.7. The summed E-state index contributed by atoms with van der Waals surface area (Å²) < 4.78 is 1.78. The monoisotopic (exact) mass is 378 g/mol. The summed E-state index contributed by atoms with van der Waals surface area (Å²) in [6.07, 6.45) is 0.400. The number of aromatic nitrogens is 2. The molecule has 7 heteroatoms. The van der Waals surface area contributed by atoms with E-state index in [-0.39, 0.29) is 11.5 Å². The lowest BCUT2D eigenvalue weighted by molar-refractivity contribution is 0.759. The van der Waals surface area contributed by atoms with Crippen LogP contribution in [0, 0.1) is 0 Å². The molecule has 1 aromatic heterocycles. The lowest BCUT2D eigenvalue weighted by atomic mass is 10.00. The highest BCUT2D eigenvalue weighted by Gasteiger charge is 2.22. The number of fused-ring (bicyclic) bond motifs is 1. The van der Waals surface area contributed by atoms with E-state index >= 15 is 0 Å². The number of nitrogens with zero attached hydrogens (tertiary/aromatic N) is 4. The Balaban J connectivity index is 2.05. The molecular formula is C20H15ClN4O2. The normalized spacial score (nSPS) is 13.4. The standard InChI is InChI=1S/C20H15ClN4O2/c1-24-19(26)17-18(25(21)20(24)27)23-16(14-10-6-3-7-11-14)12-15(22-17)13-8-4-2-5-9-13/h2-11H,12H2,1H3. The Kier molecular flexibility index (Phi) is 4.33. The molecule has 0 bridgehead atoms. The molecule has 27 heavy (non-hydrogen) atoms. The Morgan fingerprint density at radius 2 is 1.37 bits per heavy atom. The van der Waals surface area contributed by atoms with E-state index in [0.29, 0.717) is 17.8 Å². The van der Waals surface area contributed by atoms with Crippen LogP contribution in [0.3, 0.4) is 0 Å². The third-order valence-electron chi connectivity index (χ3n) is 4.40. The van der Waals surface area contributed by atoms with E-state index < -0.39 is 11.2 Å². The van der Waals surface area contributed by atoms with Crippen LogP contribution in [0.15, 0.2) is 80.2 Å². The zero-order chi connectivity index (χ0) is 19.0. The van der Waals surface area contributed by atoms with Crippen LogP contribution in [0.25, 0.3) is 0 Å². The van der Waals surface area contributed by atoms with Gasteiger partial charge in [-0.3, -0.25) is 9.36 Å². The van der Waals surface area contributed by atoms with Gasteiger partial charge in [-0.1, -0.05) is 60.7 Å². The van der Waals surface area contributed by atoms with Gasteiger partial charge < -0.3 is 0 Å². The molecule has 0 aliphatic carbocycles. The minimum absolute atomic E-state index is 0.0505. The first-order chi connectivity index (χ1) is 13.1. The number of rotatable bonds is 2. The van der Waals surface area contributed by atoms with Crippen molar-refractivity contribution in [2.75, 3.05) is 0 Å². The van der Waals surface area contributed by atoms with Crippen molar-refractivity contribution < 1.29 is 0 Å². The third-order valence-corrected chi connectivity index (χ3v) is 4.70. The van der Waals surface area contributed by atoms with Crippen LogP contribution in [0.1, 0.15) is 17.5 Å². The molecular weight excluding hydrogens is 364 g/mol. The average Bonchev–Trinajstić information content (AvgIpc) is 2.93. The molecule has 0 radical (unpaired) electrons. The summed E-state index contributed by atoms with van der Waals surface area (Å²) in [5.74, 6) is 0.0505. The van der Waals surface area contributed by atoms with E-state index in [1.54, 1.807) is 0 Å². The quantitative estimate of drug-likeness (QED) is 0.687. The molecule has 134 valence electrons. The summed E-state index contributed by atoms with van der Waals surface area (Å²) in [6.45, 7) is 0. The Bertz CT molecular complexity index is 1190. The van der Waals surface area contributed by atoms with Crippen LogP contribution >= 0.6 is 11.8 Å². The fourth-order valence-corrected chi connectivity index (χ4v) is 3.18. The summed E-state index contributed by atoms with van der Waals surface area (Å²) >= 11 is 6.18. The van der Waals surface area contributed by atoms with E-state index in [9.17, 15) is 9.59 Å². The number of halogens is 1. The number of aliphatic imine (C=N–C) groups is 2. The first kappa shape index (κ1) is 17.2. The Hall–Kier alpha value is -3.25. The van der Waals surface area contributed by atoms with Gasteiger partial charge in [0.2, 0.25) is 0 Å². The van der Waals surface area contributed by atoms with Gasteiger partial charge >= 0.3 is 5.69 Å². The SMILES string of the molecule is Cn1c(=O)c2c(n(Cl)c1=O)N=C(c1ccccc1)CC(c1ccccc1)=N2. The molecule has 0 saturated carbocycles. The van der Waals surface area contributed by atoms with Gasteiger partial charge in [-0.15, -0.1) is 0 Å². The van der Waals surface area contributed by atoms with E-state index in [2.05, 4.69) is 9.98 Å². The van der Waals surface area contributed by atoms with Crippen molar-refractivity contribution in [3.63, 3.8) is 0 Å². The van der Waals surface area contributed by atoms with Crippen LogP contribution in [0.5, 0.6) is 0 Å². The molecule has 0 fully saturated rings. The third kappa shape index (κ3) is 3.04. The first-order valence-electron chi connectivity index (χ1n) is 8.34. The summed E-state index contributed by atoms with van der Waals surface area (Å²) in [7, 11) is 1.37. The molecule has 0 amide bonds. The van der Waals surface area contributed by atoms with Gasteiger partial charge in [-0.05, 0) is 11.1 Å². The second-order valence-corrected chi connectivity index (χ2v) is 6.46. The van der Waals surface area contributed by atoms with Crippen molar-refractivity contribution in [1.82, 2.24) is 8.65 Å². The molecule has 0 saturated heterocycles. The molecule has 3 aromatic rings. The number of benzene rings is 2. The van der Waals surface area contributed by atoms with Gasteiger partial charge in [0.1, 0.15) is 0 Å². The Morgan fingerprint density at radius 3 is 1.93 bits per heavy atom. The maximum Gasteiger partial charge on any atom is 0.347 e. The minimum Gasteiger partial charge on any atom is -0.267 e. The van der Waals surface area contributed by atoms with Crippen LogP contribution < -0.4 is 11.2 Å². The fraction of sp³-hybridized carbons (Fsp3) is 0.100. The second kappa shape index (κ2) is 6.81. The zero-order valence-corrected chi connectivity index (χ0v) is 15.2. The van der Waals surface area contributed by atoms with E-state index in [0.717, 1.165) is 19.8 Å². The highest BCUT2D eigenvalue weighted by molar-refractivity contribution is 6.21.